The van der Waals surface area contributed by atoms with Crippen molar-refractivity contribution in [2.24, 2.45) is 0 Å². The molecule has 0 heterocycles. The van der Waals surface area contributed by atoms with Gasteiger partial charge in [-0.1, -0.05) is 0 Å². The Balaban J connectivity index is 0. The van der Waals surface area contributed by atoms with Crippen LogP contribution in [0.1, 0.15) is 0 Å². The molecule has 0 rings (SSSR count). The molecule has 0 amide bonds. The Bertz CT molecular complexity index is 11.6. The van der Waals surface area contributed by atoms with Gasteiger partial charge in [0.15, 0.2) is 0 Å². The fraction of sp³-hybridized carbons (Fsp3) is 0. The van der Waals surface area contributed by atoms with Crippen molar-refractivity contribution in [3.63, 3.8) is 0 Å². The van der Waals surface area contributed by atoms with Crippen LogP contribution in [0.2, 0.25) is 0 Å². The van der Waals surface area contributed by atoms with Crippen LogP contribution in [0.3, 0.4) is 0 Å². The Labute approximate surface area is 83.4 Å². The van der Waals surface area contributed by atoms with Crippen molar-refractivity contribution in [1.82, 2.24) is 0 Å². The van der Waals surface area contributed by atoms with E-state index in [4.69, 9.17) is 0 Å². The number of hydrogen-bond donors (Lipinski definition) is 0. The van der Waals surface area contributed by atoms with E-state index in [1.807, 2.05) is 0 Å². The van der Waals surface area contributed by atoms with Gasteiger partial charge in [-0.15, -0.1) is 0 Å². The van der Waals surface area contributed by atoms with Gasteiger partial charge in [0.1, 0.15) is 0 Å². The Hall–Kier alpha value is 2.76. The molecule has 1 unspecified atom stereocenters. The van der Waals surface area contributed by atoms with Gasteiger partial charge >= 0.3 is 23.9 Å². The fourth-order valence-electron chi connectivity index (χ4n) is 0. The van der Waals surface area contributed by atoms with Gasteiger partial charge in [0.2, 0.25) is 0 Å². The molecule has 0 N–H and O–H groups in total. The Morgan fingerprint density at radius 3 is 1.00 bits per heavy atom. The van der Waals surface area contributed by atoms with Crippen LogP contribution in [0.5, 0.6) is 0 Å². The minimum absolute atomic E-state index is 0. The zero-order valence-electron chi connectivity index (χ0n) is 1.70. The van der Waals surface area contributed by atoms with E-state index in [9.17, 15) is 0 Å². The monoisotopic (exact) mass is 334 g/mol. The topological polar surface area (TPSA) is 0 Å². The molecule has 5 heteroatoms. The minimum atomic E-state index is 0. The van der Waals surface area contributed by atoms with Crippen molar-refractivity contribution < 1.29 is 50.6 Å². The summed E-state index contributed by atoms with van der Waals surface area (Å²) < 4.78 is 0. The first kappa shape index (κ1) is 46.5. The second-order valence-corrected chi connectivity index (χ2v) is 0. The zero-order chi connectivity index (χ0) is 0. The van der Waals surface area contributed by atoms with Crippen LogP contribution in [0.4, 0.5) is 0 Å². The molecule has 0 aromatic carbocycles. The van der Waals surface area contributed by atoms with Crippen molar-refractivity contribution in [1.29, 1.82) is 0 Å². The predicted octanol–water partition coefficient (Wildman–Crippen LogP) is -1.40. The molecule has 0 aliphatic carbocycles. The summed E-state index contributed by atoms with van der Waals surface area (Å²) >= 11 is 0. The Morgan fingerprint density at radius 2 is 1.00 bits per heavy atom. The third kappa shape index (κ3) is 20.1. The Morgan fingerprint density at radius 1 is 1.00 bits per heavy atom. The van der Waals surface area contributed by atoms with Gasteiger partial charge in [-0.2, -0.15) is 9.90 Å². The first-order valence-electron chi connectivity index (χ1n) is 0. The summed E-state index contributed by atoms with van der Waals surface area (Å²) in [5.74, 6) is 0. The van der Waals surface area contributed by atoms with E-state index in [-0.39, 0.29) is 84.4 Å². The summed E-state index contributed by atoms with van der Waals surface area (Å²) in [6, 6.07) is 0. The maximum absolute atomic E-state index is 0. The van der Waals surface area contributed by atoms with Gasteiger partial charge in [0.05, 0.1) is 0 Å². The summed E-state index contributed by atoms with van der Waals surface area (Å²) in [5, 5.41) is 0. The van der Waals surface area contributed by atoms with Crippen LogP contribution in [0, 0.1) is 0 Å². The molecular formula is H7CuMnNiPSn. The quantitative estimate of drug-likeness (QED) is 0.378. The van der Waals surface area contributed by atoms with Crippen molar-refractivity contribution in [3.8, 4) is 0 Å². The van der Waals surface area contributed by atoms with Gasteiger partial charge in [0, 0.05) is 50.6 Å². The summed E-state index contributed by atoms with van der Waals surface area (Å²) in [6.45, 7) is 0. The summed E-state index contributed by atoms with van der Waals surface area (Å²) in [7, 11) is 0. The molecule has 0 aliphatic heterocycles. The van der Waals surface area contributed by atoms with E-state index in [2.05, 4.69) is 0 Å². The van der Waals surface area contributed by atoms with Gasteiger partial charge < -0.3 is 0 Å². The second kappa shape index (κ2) is 29.4. The van der Waals surface area contributed by atoms with Gasteiger partial charge in [-0.3, -0.25) is 0 Å². The Kier molecular flexibility index (Phi) is 274. The molecule has 1 atom stereocenters. The van der Waals surface area contributed by atoms with Crippen LogP contribution in [-0.4, -0.2) is 23.9 Å². The molecule has 0 spiro atoms. The summed E-state index contributed by atoms with van der Waals surface area (Å²) in [5.41, 5.74) is 0. The van der Waals surface area contributed by atoms with Crippen LogP contribution in [0.15, 0.2) is 0 Å². The van der Waals surface area contributed by atoms with Gasteiger partial charge in [-0.05, 0) is 0 Å². The van der Waals surface area contributed by atoms with Crippen molar-refractivity contribution in [2.45, 2.75) is 0 Å². The van der Waals surface area contributed by atoms with E-state index in [1.165, 1.54) is 0 Å². The standard InChI is InChI=1S/Cu.Mn.Ni.H3P.Sn.4H/h;;;1H3;;;;;. The third-order valence-corrected chi connectivity index (χ3v) is 0. The molecule has 5 heavy (non-hydrogen) atoms. The predicted molar refractivity (Wildman–Crippen MR) is 22.4 cm³/mol. The van der Waals surface area contributed by atoms with Crippen molar-refractivity contribution in [3.05, 3.63) is 0 Å². The molecule has 0 saturated heterocycles. The molecule has 2 radical (unpaired) electrons. The fourth-order valence-corrected chi connectivity index (χ4v) is 0. The van der Waals surface area contributed by atoms with Crippen LogP contribution in [0.25, 0.3) is 0 Å². The third-order valence-electron chi connectivity index (χ3n) is 0. The molecular weight excluding hydrogens is 327 g/mol. The maximum atomic E-state index is 0. The van der Waals surface area contributed by atoms with E-state index in [0.717, 1.165) is 0 Å². The molecule has 0 nitrogen and oxygen atoms in total. The summed E-state index contributed by atoms with van der Waals surface area (Å²) in [4.78, 5) is 0. The number of hydrogen-bond acceptors (Lipinski definition) is 0. The van der Waals surface area contributed by atoms with Gasteiger partial charge in [-0.25, -0.2) is 0 Å². The van der Waals surface area contributed by atoms with Crippen molar-refractivity contribution in [2.75, 3.05) is 0 Å². The number of rotatable bonds is 0. The first-order chi connectivity index (χ1) is 0. The van der Waals surface area contributed by atoms with Crippen molar-refractivity contribution >= 4 is 33.8 Å². The second-order valence-electron chi connectivity index (χ2n) is 0. The first-order valence-corrected chi connectivity index (χ1v) is 0. The molecule has 0 saturated carbocycles. The molecule has 44 valence electrons. The molecule has 0 bridgehead atoms. The zero-order valence-corrected chi connectivity index (χ0v) is 6.23. The average molecular weight is 334 g/mol. The summed E-state index contributed by atoms with van der Waals surface area (Å²) in [6.07, 6.45) is 0. The molecule has 0 aromatic rings. The van der Waals surface area contributed by atoms with E-state index < -0.39 is 0 Å². The molecule has 0 aliphatic rings. The molecule has 0 aromatic heterocycles. The van der Waals surface area contributed by atoms with Gasteiger partial charge in [0.25, 0.3) is 0 Å². The normalized spacial score (nSPS) is 0. The van der Waals surface area contributed by atoms with E-state index in [1.54, 1.807) is 0 Å². The van der Waals surface area contributed by atoms with E-state index in [0.29, 0.717) is 0 Å². The average Bonchev–Trinajstić information content (AvgIpc) is 0. The van der Waals surface area contributed by atoms with E-state index >= 15 is 0 Å². The van der Waals surface area contributed by atoms with Crippen LogP contribution in [-0.2, 0) is 50.6 Å². The SMILES string of the molecule is P.[Cu].[Mn].[Ni].[SnH4]. The van der Waals surface area contributed by atoms with Crippen LogP contribution < -0.4 is 0 Å². The van der Waals surface area contributed by atoms with Crippen LogP contribution >= 0.6 is 9.90 Å². The molecule has 0 fully saturated rings.